The molecule has 1 unspecified atom stereocenters. The van der Waals surface area contributed by atoms with Gasteiger partial charge < -0.3 is 10.4 Å². The first kappa shape index (κ1) is 12.3. The first-order chi connectivity index (χ1) is 8.18. The van der Waals surface area contributed by atoms with E-state index >= 15 is 0 Å². The number of fused-ring (bicyclic) bond motifs is 1. The van der Waals surface area contributed by atoms with Crippen LogP contribution in [0, 0.1) is 0 Å². The minimum Gasteiger partial charge on any atom is -0.396 e. The molecule has 0 saturated heterocycles. The Kier molecular flexibility index (Phi) is 3.62. The molecular weight excluding hydrogens is 214 g/mol. The maximum absolute atomic E-state index is 9.13. The summed E-state index contributed by atoms with van der Waals surface area (Å²) in [6.07, 6.45) is 6.65. The van der Waals surface area contributed by atoms with Gasteiger partial charge in [0.05, 0.1) is 0 Å². The van der Waals surface area contributed by atoms with Gasteiger partial charge in [-0.3, -0.25) is 0 Å². The summed E-state index contributed by atoms with van der Waals surface area (Å²) in [6, 6.07) is 0. The van der Waals surface area contributed by atoms with E-state index in [0.29, 0.717) is 0 Å². The minimum atomic E-state index is -0.0839. The van der Waals surface area contributed by atoms with Gasteiger partial charge in [-0.25, -0.2) is 9.97 Å². The maximum atomic E-state index is 9.13. The van der Waals surface area contributed by atoms with Gasteiger partial charge in [0.2, 0.25) is 0 Å². The summed E-state index contributed by atoms with van der Waals surface area (Å²) in [4.78, 5) is 8.68. The Morgan fingerprint density at radius 1 is 1.41 bits per heavy atom. The summed E-state index contributed by atoms with van der Waals surface area (Å²) in [5.74, 6) is 0.963. The largest absolute Gasteiger partial charge is 0.396 e. The zero-order chi connectivity index (χ0) is 12.3. The lowest BCUT2D eigenvalue weighted by atomic mass is 9.94. The molecular formula is C13H21N3O. The van der Waals surface area contributed by atoms with Crippen LogP contribution in [-0.4, -0.2) is 27.2 Å². The highest BCUT2D eigenvalue weighted by Crippen LogP contribution is 2.28. The van der Waals surface area contributed by atoms with Crippen molar-refractivity contribution >= 4 is 5.82 Å². The van der Waals surface area contributed by atoms with E-state index in [0.717, 1.165) is 31.5 Å². The normalized spacial score (nSPS) is 17.6. The fourth-order valence-corrected chi connectivity index (χ4v) is 2.33. The minimum absolute atomic E-state index is 0.0839. The van der Waals surface area contributed by atoms with Gasteiger partial charge in [-0.05, 0) is 39.0 Å². The van der Waals surface area contributed by atoms with Crippen LogP contribution in [0.2, 0.25) is 0 Å². The molecule has 1 aromatic heterocycles. The van der Waals surface area contributed by atoms with Gasteiger partial charge >= 0.3 is 0 Å². The van der Waals surface area contributed by atoms with E-state index in [-0.39, 0.29) is 12.1 Å². The number of hydrogen-bond acceptors (Lipinski definition) is 4. The number of rotatable bonds is 5. The van der Waals surface area contributed by atoms with E-state index in [1.807, 2.05) is 0 Å². The predicted octanol–water partition coefficient (Wildman–Crippen LogP) is 1.93. The number of nitrogens with one attached hydrogen (secondary N) is 1. The maximum Gasteiger partial charge on any atom is 0.133 e. The van der Waals surface area contributed by atoms with Crippen molar-refractivity contribution in [2.24, 2.45) is 0 Å². The van der Waals surface area contributed by atoms with Crippen LogP contribution in [0.5, 0.6) is 0 Å². The third-order valence-electron chi connectivity index (χ3n) is 3.74. The van der Waals surface area contributed by atoms with Crippen LogP contribution in [0.3, 0.4) is 0 Å². The zero-order valence-electron chi connectivity index (χ0n) is 10.7. The fraction of sp³-hybridized carbons (Fsp3) is 0.692. The van der Waals surface area contributed by atoms with Crippen LogP contribution in [0.25, 0.3) is 0 Å². The Hall–Kier alpha value is -1.16. The Balaban J connectivity index is 2.21. The summed E-state index contributed by atoms with van der Waals surface area (Å²) in [5.41, 5.74) is 2.37. The first-order valence-corrected chi connectivity index (χ1v) is 6.40. The van der Waals surface area contributed by atoms with Crippen molar-refractivity contribution in [1.29, 1.82) is 0 Å². The number of aryl methyl sites for hydroxylation is 1. The van der Waals surface area contributed by atoms with Gasteiger partial charge in [-0.2, -0.15) is 0 Å². The molecule has 1 aromatic rings. The van der Waals surface area contributed by atoms with Crippen molar-refractivity contribution in [3.63, 3.8) is 0 Å². The summed E-state index contributed by atoms with van der Waals surface area (Å²) in [5, 5.41) is 12.6. The van der Waals surface area contributed by atoms with E-state index in [9.17, 15) is 0 Å². The van der Waals surface area contributed by atoms with Crippen LogP contribution in [0.4, 0.5) is 5.82 Å². The average molecular weight is 235 g/mol. The molecule has 4 heteroatoms. The Morgan fingerprint density at radius 3 is 2.94 bits per heavy atom. The average Bonchev–Trinajstić information content (AvgIpc) is 2.78. The van der Waals surface area contributed by atoms with Crippen LogP contribution >= 0.6 is 0 Å². The lowest BCUT2D eigenvalue weighted by Crippen LogP contribution is -2.35. The highest BCUT2D eigenvalue weighted by molar-refractivity contribution is 5.49. The first-order valence-electron chi connectivity index (χ1n) is 6.40. The molecule has 1 atom stereocenters. The smallest absolute Gasteiger partial charge is 0.133 e. The molecule has 0 saturated carbocycles. The van der Waals surface area contributed by atoms with Crippen molar-refractivity contribution in [1.82, 2.24) is 9.97 Å². The number of aliphatic hydroxyl groups excluding tert-OH is 1. The summed E-state index contributed by atoms with van der Waals surface area (Å²) in [7, 11) is 0. The quantitative estimate of drug-likeness (QED) is 0.818. The van der Waals surface area contributed by atoms with Gasteiger partial charge in [0, 0.05) is 23.4 Å². The number of hydrogen-bond donors (Lipinski definition) is 2. The van der Waals surface area contributed by atoms with Crippen molar-refractivity contribution in [2.75, 3.05) is 11.9 Å². The predicted molar refractivity (Wildman–Crippen MR) is 68.1 cm³/mol. The van der Waals surface area contributed by atoms with E-state index < -0.39 is 0 Å². The van der Waals surface area contributed by atoms with Crippen LogP contribution in [-0.2, 0) is 12.8 Å². The fourth-order valence-electron chi connectivity index (χ4n) is 2.33. The molecule has 1 aliphatic rings. The van der Waals surface area contributed by atoms with Crippen LogP contribution in [0.15, 0.2) is 6.33 Å². The highest BCUT2D eigenvalue weighted by atomic mass is 16.3. The van der Waals surface area contributed by atoms with Crippen LogP contribution < -0.4 is 5.32 Å². The van der Waals surface area contributed by atoms with Gasteiger partial charge in [-0.15, -0.1) is 0 Å². The second-order valence-electron chi connectivity index (χ2n) is 5.01. The van der Waals surface area contributed by atoms with Crippen molar-refractivity contribution in [3.05, 3.63) is 17.6 Å². The Labute approximate surface area is 102 Å². The highest BCUT2D eigenvalue weighted by Gasteiger charge is 2.25. The molecule has 0 radical (unpaired) electrons. The van der Waals surface area contributed by atoms with Gasteiger partial charge in [-0.1, -0.05) is 6.92 Å². The summed E-state index contributed by atoms with van der Waals surface area (Å²) >= 11 is 0. The van der Waals surface area contributed by atoms with E-state index in [4.69, 9.17) is 5.11 Å². The van der Waals surface area contributed by atoms with Crippen molar-refractivity contribution in [3.8, 4) is 0 Å². The topological polar surface area (TPSA) is 58.0 Å². The molecule has 0 bridgehead atoms. The lowest BCUT2D eigenvalue weighted by molar-refractivity contribution is 0.251. The van der Waals surface area contributed by atoms with Crippen LogP contribution in [0.1, 0.15) is 44.4 Å². The third-order valence-corrected chi connectivity index (χ3v) is 3.74. The summed E-state index contributed by atoms with van der Waals surface area (Å²) < 4.78 is 0. The molecule has 17 heavy (non-hydrogen) atoms. The van der Waals surface area contributed by atoms with Gasteiger partial charge in [0.1, 0.15) is 12.1 Å². The zero-order valence-corrected chi connectivity index (χ0v) is 10.7. The third kappa shape index (κ3) is 2.57. The molecule has 0 fully saturated rings. The summed E-state index contributed by atoms with van der Waals surface area (Å²) in [6.45, 7) is 4.46. The molecule has 1 aliphatic carbocycles. The molecule has 4 nitrogen and oxygen atoms in total. The van der Waals surface area contributed by atoms with E-state index in [1.54, 1.807) is 6.33 Å². The molecule has 0 spiro atoms. The Bertz CT molecular complexity index is 394. The number of nitrogens with zero attached hydrogens (tertiary/aromatic N) is 2. The molecule has 0 aliphatic heterocycles. The second kappa shape index (κ2) is 5.00. The second-order valence-corrected chi connectivity index (χ2v) is 5.01. The monoisotopic (exact) mass is 235 g/mol. The molecule has 1 heterocycles. The standard InChI is InChI=1S/C13H21N3O/c1-3-13(2,7-8-17)16-12-10-5-4-6-11(10)14-9-15-12/h9,17H,3-8H2,1-2H3,(H,14,15,16). The Morgan fingerprint density at radius 2 is 2.24 bits per heavy atom. The number of anilines is 1. The number of aromatic nitrogens is 2. The molecule has 94 valence electrons. The number of aliphatic hydroxyl groups is 1. The van der Waals surface area contributed by atoms with Gasteiger partial charge in [0.15, 0.2) is 0 Å². The van der Waals surface area contributed by atoms with E-state index in [2.05, 4.69) is 29.1 Å². The van der Waals surface area contributed by atoms with Crippen molar-refractivity contribution in [2.45, 2.75) is 51.5 Å². The molecule has 2 rings (SSSR count). The van der Waals surface area contributed by atoms with Crippen molar-refractivity contribution < 1.29 is 5.11 Å². The molecule has 0 amide bonds. The van der Waals surface area contributed by atoms with E-state index in [1.165, 1.54) is 17.7 Å². The SMILES string of the molecule is CCC(C)(CCO)Nc1ncnc2c1CCC2. The molecule has 0 aromatic carbocycles. The van der Waals surface area contributed by atoms with Gasteiger partial charge in [0.25, 0.3) is 0 Å². The molecule has 2 N–H and O–H groups in total. The lowest BCUT2D eigenvalue weighted by Gasteiger charge is -2.30.